The molecular formula is C10H12N4O. The van der Waals surface area contributed by atoms with Gasteiger partial charge in [-0.1, -0.05) is 0 Å². The van der Waals surface area contributed by atoms with Gasteiger partial charge in [0.05, 0.1) is 23.9 Å². The first-order valence-electron chi connectivity index (χ1n) is 4.91. The number of ether oxygens (including phenoxy) is 1. The lowest BCUT2D eigenvalue weighted by molar-refractivity contribution is 0.121. The van der Waals surface area contributed by atoms with E-state index >= 15 is 0 Å². The largest absolute Gasteiger partial charge is 0.376 e. The molecule has 1 saturated heterocycles. The van der Waals surface area contributed by atoms with Gasteiger partial charge < -0.3 is 10.1 Å². The molecule has 2 heterocycles. The first-order valence-corrected chi connectivity index (χ1v) is 4.91. The van der Waals surface area contributed by atoms with E-state index < -0.39 is 0 Å². The van der Waals surface area contributed by atoms with Crippen LogP contribution < -0.4 is 5.32 Å². The molecule has 0 radical (unpaired) electrons. The minimum absolute atomic E-state index is 0.151. The summed E-state index contributed by atoms with van der Waals surface area (Å²) in [7, 11) is 0. The molecule has 1 fully saturated rings. The quantitative estimate of drug-likeness (QED) is 0.776. The Balaban J connectivity index is 2.14. The van der Waals surface area contributed by atoms with E-state index in [0.717, 1.165) is 13.0 Å². The number of hydrogen-bond donors (Lipinski definition) is 1. The molecule has 2 unspecified atom stereocenters. The zero-order valence-corrected chi connectivity index (χ0v) is 8.47. The van der Waals surface area contributed by atoms with Gasteiger partial charge in [-0.2, -0.15) is 10.4 Å². The van der Waals surface area contributed by atoms with E-state index in [2.05, 4.69) is 21.6 Å². The molecule has 1 aromatic rings. The number of rotatable bonds is 2. The second-order valence-electron chi connectivity index (χ2n) is 3.52. The zero-order valence-electron chi connectivity index (χ0n) is 8.47. The first-order chi connectivity index (χ1) is 7.31. The van der Waals surface area contributed by atoms with E-state index in [9.17, 15) is 0 Å². The topological polar surface area (TPSA) is 70.8 Å². The van der Waals surface area contributed by atoms with Crippen LogP contribution in [0.1, 0.15) is 18.9 Å². The Labute approximate surface area is 88.1 Å². The summed E-state index contributed by atoms with van der Waals surface area (Å²) in [5.74, 6) is 0.544. The number of nitrogens with zero attached hydrogens (tertiary/aromatic N) is 3. The van der Waals surface area contributed by atoms with Gasteiger partial charge in [-0.25, -0.2) is 0 Å². The molecule has 2 atom stereocenters. The lowest BCUT2D eigenvalue weighted by Gasteiger charge is -2.16. The fraction of sp³-hybridized carbons (Fsp3) is 0.500. The van der Waals surface area contributed by atoms with Crippen molar-refractivity contribution >= 4 is 5.82 Å². The van der Waals surface area contributed by atoms with Gasteiger partial charge in [-0.3, -0.25) is 0 Å². The minimum atomic E-state index is 0.151. The van der Waals surface area contributed by atoms with Crippen LogP contribution in [-0.2, 0) is 4.74 Å². The SMILES string of the molecule is CC1OCCC1Nc1nnccc1C#N. The molecule has 15 heavy (non-hydrogen) atoms. The predicted molar refractivity (Wildman–Crippen MR) is 54.2 cm³/mol. The normalized spacial score (nSPS) is 24.8. The van der Waals surface area contributed by atoms with Crippen molar-refractivity contribution in [3.63, 3.8) is 0 Å². The summed E-state index contributed by atoms with van der Waals surface area (Å²) >= 11 is 0. The maximum absolute atomic E-state index is 8.87. The van der Waals surface area contributed by atoms with Crippen LogP contribution in [0, 0.1) is 11.3 Å². The minimum Gasteiger partial charge on any atom is -0.376 e. The van der Waals surface area contributed by atoms with Crippen molar-refractivity contribution in [3.8, 4) is 6.07 Å². The van der Waals surface area contributed by atoms with Crippen molar-refractivity contribution in [1.82, 2.24) is 10.2 Å². The van der Waals surface area contributed by atoms with E-state index in [1.165, 1.54) is 6.20 Å². The summed E-state index contributed by atoms with van der Waals surface area (Å²) in [6.07, 6.45) is 2.60. The summed E-state index contributed by atoms with van der Waals surface area (Å²) in [5, 5.41) is 19.7. The average Bonchev–Trinajstić information content (AvgIpc) is 2.65. The number of aromatic nitrogens is 2. The third kappa shape index (κ3) is 2.05. The highest BCUT2D eigenvalue weighted by atomic mass is 16.5. The van der Waals surface area contributed by atoms with Gasteiger partial charge in [0, 0.05) is 6.61 Å². The Morgan fingerprint density at radius 3 is 3.20 bits per heavy atom. The van der Waals surface area contributed by atoms with E-state index in [0.29, 0.717) is 11.4 Å². The Kier molecular flexibility index (Phi) is 2.79. The van der Waals surface area contributed by atoms with Gasteiger partial charge in [0.25, 0.3) is 0 Å². The molecule has 1 N–H and O–H groups in total. The van der Waals surface area contributed by atoms with Gasteiger partial charge in [0.1, 0.15) is 6.07 Å². The molecule has 0 saturated carbocycles. The summed E-state index contributed by atoms with van der Waals surface area (Å²) in [6, 6.07) is 3.94. The molecular weight excluding hydrogens is 192 g/mol. The summed E-state index contributed by atoms with van der Waals surface area (Å²) in [5.41, 5.74) is 0.518. The molecule has 2 rings (SSSR count). The van der Waals surface area contributed by atoms with E-state index in [1.54, 1.807) is 6.07 Å². The molecule has 5 heteroatoms. The van der Waals surface area contributed by atoms with Crippen LogP contribution >= 0.6 is 0 Å². The van der Waals surface area contributed by atoms with E-state index in [1.807, 2.05) is 6.92 Å². The first kappa shape index (κ1) is 9.87. The number of nitriles is 1. The second-order valence-corrected chi connectivity index (χ2v) is 3.52. The smallest absolute Gasteiger partial charge is 0.166 e. The lowest BCUT2D eigenvalue weighted by atomic mass is 10.1. The average molecular weight is 204 g/mol. The lowest BCUT2D eigenvalue weighted by Crippen LogP contribution is -2.27. The highest BCUT2D eigenvalue weighted by molar-refractivity contribution is 5.50. The molecule has 0 bridgehead atoms. The molecule has 5 nitrogen and oxygen atoms in total. The Hall–Kier alpha value is -1.67. The van der Waals surface area contributed by atoms with Gasteiger partial charge in [0.2, 0.25) is 0 Å². The molecule has 1 aromatic heterocycles. The second kappa shape index (κ2) is 4.24. The van der Waals surface area contributed by atoms with Crippen molar-refractivity contribution in [2.24, 2.45) is 0 Å². The summed E-state index contributed by atoms with van der Waals surface area (Å²) < 4.78 is 5.42. The van der Waals surface area contributed by atoms with Crippen molar-refractivity contribution in [3.05, 3.63) is 17.8 Å². The van der Waals surface area contributed by atoms with Crippen LogP contribution in [0.5, 0.6) is 0 Å². The maximum atomic E-state index is 8.87. The summed E-state index contributed by atoms with van der Waals surface area (Å²) in [6.45, 7) is 2.76. The number of nitrogens with one attached hydrogen (secondary N) is 1. The number of anilines is 1. The highest BCUT2D eigenvalue weighted by Crippen LogP contribution is 2.18. The number of hydrogen-bond acceptors (Lipinski definition) is 5. The molecule has 0 aromatic carbocycles. The molecule has 1 aliphatic heterocycles. The fourth-order valence-corrected chi connectivity index (χ4v) is 1.63. The van der Waals surface area contributed by atoms with Crippen molar-refractivity contribution in [1.29, 1.82) is 5.26 Å². The van der Waals surface area contributed by atoms with Crippen LogP contribution in [0.15, 0.2) is 12.3 Å². The Bertz CT molecular complexity index is 387. The van der Waals surface area contributed by atoms with Crippen LogP contribution in [0.2, 0.25) is 0 Å². The fourth-order valence-electron chi connectivity index (χ4n) is 1.63. The van der Waals surface area contributed by atoms with Crippen LogP contribution in [-0.4, -0.2) is 29.0 Å². The Morgan fingerprint density at radius 2 is 2.53 bits per heavy atom. The molecule has 0 amide bonds. The standard InChI is InChI=1S/C10H12N4O/c1-7-9(3-5-15-7)13-10-8(6-11)2-4-12-14-10/h2,4,7,9H,3,5H2,1H3,(H,13,14). The van der Waals surface area contributed by atoms with Gasteiger partial charge >= 0.3 is 0 Å². The molecule has 78 valence electrons. The van der Waals surface area contributed by atoms with Crippen molar-refractivity contribution < 1.29 is 4.74 Å². The van der Waals surface area contributed by atoms with Crippen molar-refractivity contribution in [2.45, 2.75) is 25.5 Å². The van der Waals surface area contributed by atoms with Crippen LogP contribution in [0.25, 0.3) is 0 Å². The van der Waals surface area contributed by atoms with Crippen LogP contribution in [0.4, 0.5) is 5.82 Å². The maximum Gasteiger partial charge on any atom is 0.166 e. The van der Waals surface area contributed by atoms with Gasteiger partial charge in [-0.15, -0.1) is 5.10 Å². The van der Waals surface area contributed by atoms with Crippen molar-refractivity contribution in [2.75, 3.05) is 11.9 Å². The molecule has 0 aliphatic carbocycles. The zero-order chi connectivity index (χ0) is 10.7. The van der Waals surface area contributed by atoms with Gasteiger partial charge in [-0.05, 0) is 19.4 Å². The molecule has 1 aliphatic rings. The third-order valence-electron chi connectivity index (χ3n) is 2.54. The van der Waals surface area contributed by atoms with E-state index in [-0.39, 0.29) is 12.1 Å². The molecule has 0 spiro atoms. The highest BCUT2D eigenvalue weighted by Gasteiger charge is 2.25. The van der Waals surface area contributed by atoms with Crippen LogP contribution in [0.3, 0.4) is 0 Å². The van der Waals surface area contributed by atoms with Gasteiger partial charge in [0.15, 0.2) is 5.82 Å². The Morgan fingerprint density at radius 1 is 1.67 bits per heavy atom. The predicted octanol–water partition coefficient (Wildman–Crippen LogP) is 0.938. The monoisotopic (exact) mass is 204 g/mol. The third-order valence-corrected chi connectivity index (χ3v) is 2.54. The summed E-state index contributed by atoms with van der Waals surface area (Å²) in [4.78, 5) is 0. The van der Waals surface area contributed by atoms with E-state index in [4.69, 9.17) is 10.00 Å².